The topological polar surface area (TPSA) is 149 Å². The summed E-state index contributed by atoms with van der Waals surface area (Å²) < 4.78 is 0. The molecule has 5 rings (SSSR count). The summed E-state index contributed by atoms with van der Waals surface area (Å²) in [6.07, 6.45) is 6.66. The van der Waals surface area contributed by atoms with E-state index in [-0.39, 0.29) is 41.4 Å². The average molecular weight is 555 g/mol. The Morgan fingerprint density at radius 1 is 1.12 bits per heavy atom. The molecule has 9 heteroatoms. The lowest BCUT2D eigenvalue weighted by molar-refractivity contribution is -0.181. The van der Waals surface area contributed by atoms with Crippen molar-refractivity contribution in [3.8, 4) is 5.75 Å². The Labute approximate surface area is 235 Å². The largest absolute Gasteiger partial charge is 0.508 e. The highest BCUT2D eigenvalue weighted by Crippen LogP contribution is 2.67. The molecule has 3 saturated carbocycles. The molecule has 0 heterocycles. The van der Waals surface area contributed by atoms with Gasteiger partial charge < -0.3 is 30.6 Å². The Balaban J connectivity index is 1.20. The van der Waals surface area contributed by atoms with Crippen molar-refractivity contribution in [2.75, 3.05) is 19.8 Å². The molecule has 9 nitrogen and oxygen atoms in total. The van der Waals surface area contributed by atoms with Gasteiger partial charge >= 0.3 is 0 Å². The minimum Gasteiger partial charge on any atom is -0.508 e. The van der Waals surface area contributed by atoms with Crippen LogP contribution in [0.1, 0.15) is 64.4 Å². The van der Waals surface area contributed by atoms with E-state index < -0.39 is 29.5 Å². The van der Waals surface area contributed by atoms with Crippen LogP contribution in [0.5, 0.6) is 5.75 Å². The van der Waals surface area contributed by atoms with Gasteiger partial charge in [0.05, 0.1) is 11.8 Å². The molecule has 0 saturated heterocycles. The van der Waals surface area contributed by atoms with Crippen LogP contribution in [0.25, 0.3) is 0 Å². The van der Waals surface area contributed by atoms with Gasteiger partial charge in [0.15, 0.2) is 12.4 Å². The number of nitrogens with one attached hydrogen (secondary N) is 1. The van der Waals surface area contributed by atoms with Gasteiger partial charge in [-0.05, 0) is 98.3 Å². The summed E-state index contributed by atoms with van der Waals surface area (Å²) in [4.78, 5) is 30.2. The number of Topliss-reactive ketones (excluding diaryl/α,β-unsaturated/α-hetero) is 1. The number of nitrogens with zero attached hydrogens (tertiary/aromatic N) is 1. The first-order valence-corrected chi connectivity index (χ1v) is 14.5. The maximum atomic E-state index is 12.6. The third kappa shape index (κ3) is 4.86. The molecule has 1 aromatic rings. The summed E-state index contributed by atoms with van der Waals surface area (Å²) in [6, 6.07) is 6.87. The van der Waals surface area contributed by atoms with E-state index in [1.807, 2.05) is 19.1 Å². The zero-order valence-electron chi connectivity index (χ0n) is 23.4. The summed E-state index contributed by atoms with van der Waals surface area (Å²) >= 11 is 0. The number of ketones is 1. The van der Waals surface area contributed by atoms with Crippen molar-refractivity contribution in [3.05, 3.63) is 41.5 Å². The van der Waals surface area contributed by atoms with Crippen molar-refractivity contribution in [3.63, 3.8) is 0 Å². The first-order valence-electron chi connectivity index (χ1n) is 14.5. The maximum absolute atomic E-state index is 12.6. The molecule has 0 aliphatic heterocycles. The lowest BCUT2D eigenvalue weighted by atomic mass is 9.45. The van der Waals surface area contributed by atoms with Crippen molar-refractivity contribution in [2.45, 2.75) is 76.9 Å². The number of carbonyl (C=O) groups is 2. The van der Waals surface area contributed by atoms with Gasteiger partial charge in [0.1, 0.15) is 18.0 Å². The maximum Gasteiger partial charge on any atom is 0.260 e. The highest BCUT2D eigenvalue weighted by Gasteiger charge is 2.68. The molecule has 0 bridgehead atoms. The molecule has 218 valence electrons. The summed E-state index contributed by atoms with van der Waals surface area (Å²) in [6.45, 7) is 3.76. The molecule has 1 aromatic carbocycles. The molecule has 1 amide bonds. The molecule has 40 heavy (non-hydrogen) atoms. The van der Waals surface area contributed by atoms with Crippen LogP contribution in [0.4, 0.5) is 0 Å². The number of amides is 1. The quantitative estimate of drug-likeness (QED) is 0.310. The fraction of sp³-hybridized carbons (Fsp3) is 0.645. The molecule has 5 N–H and O–H groups in total. The smallest absolute Gasteiger partial charge is 0.260 e. The summed E-state index contributed by atoms with van der Waals surface area (Å²) in [5.41, 5.74) is 0.503. The lowest BCUT2D eigenvalue weighted by Crippen LogP contribution is -2.62. The first kappa shape index (κ1) is 28.8. The molecule has 0 spiro atoms. The Kier molecular flexibility index (Phi) is 7.85. The normalized spacial score (nSPS) is 37.6. The third-order valence-electron chi connectivity index (χ3n) is 10.7. The number of fused-ring (bicyclic) bond motifs is 5. The highest BCUT2D eigenvalue weighted by molar-refractivity contribution is 5.96. The zero-order valence-corrected chi connectivity index (χ0v) is 23.4. The van der Waals surface area contributed by atoms with Crippen molar-refractivity contribution in [1.82, 2.24) is 5.32 Å². The van der Waals surface area contributed by atoms with Crippen molar-refractivity contribution >= 4 is 17.4 Å². The van der Waals surface area contributed by atoms with Crippen LogP contribution in [-0.4, -0.2) is 69.3 Å². The molecule has 3 fully saturated rings. The molecule has 0 radical (unpaired) electrons. The Morgan fingerprint density at radius 3 is 2.60 bits per heavy atom. The molecule has 4 unspecified atom stereocenters. The van der Waals surface area contributed by atoms with Gasteiger partial charge in [0.2, 0.25) is 0 Å². The van der Waals surface area contributed by atoms with E-state index in [0.29, 0.717) is 32.2 Å². The highest BCUT2D eigenvalue weighted by atomic mass is 16.6. The number of phenols is 1. The second-order valence-corrected chi connectivity index (χ2v) is 12.7. The second-order valence-electron chi connectivity index (χ2n) is 12.7. The number of aromatic hydroxyl groups is 1. The number of allylic oxidation sites excluding steroid dienone is 2. The average Bonchev–Trinajstić information content (AvgIpc) is 3.20. The van der Waals surface area contributed by atoms with Crippen LogP contribution in [-0.2, 0) is 20.8 Å². The van der Waals surface area contributed by atoms with Gasteiger partial charge in [0, 0.05) is 12.0 Å². The second kappa shape index (κ2) is 10.9. The van der Waals surface area contributed by atoms with Gasteiger partial charge in [-0.3, -0.25) is 9.59 Å². The summed E-state index contributed by atoms with van der Waals surface area (Å²) in [5, 5.41) is 48.9. The van der Waals surface area contributed by atoms with Crippen LogP contribution < -0.4 is 5.32 Å². The number of phenolic OH excluding ortho intramolecular Hbond substituents is 1. The first-order chi connectivity index (χ1) is 19.0. The number of benzene rings is 1. The van der Waals surface area contributed by atoms with Crippen molar-refractivity contribution in [2.24, 2.45) is 33.7 Å². The van der Waals surface area contributed by atoms with Gasteiger partial charge in [-0.2, -0.15) is 0 Å². The monoisotopic (exact) mass is 554 g/mol. The number of aliphatic hydroxyl groups is 3. The van der Waals surface area contributed by atoms with E-state index in [2.05, 4.69) is 23.5 Å². The lowest BCUT2D eigenvalue weighted by Gasteiger charge is -2.60. The van der Waals surface area contributed by atoms with E-state index in [9.17, 15) is 30.0 Å². The fourth-order valence-corrected chi connectivity index (χ4v) is 8.60. The molecular weight excluding hydrogens is 512 g/mol. The van der Waals surface area contributed by atoms with E-state index in [4.69, 9.17) is 4.84 Å². The van der Waals surface area contributed by atoms with Gasteiger partial charge in [-0.1, -0.05) is 36.7 Å². The fourth-order valence-electron chi connectivity index (χ4n) is 8.60. The van der Waals surface area contributed by atoms with Crippen molar-refractivity contribution in [1.29, 1.82) is 0 Å². The predicted octanol–water partition coefficient (Wildman–Crippen LogP) is 2.65. The minimum atomic E-state index is -1.59. The Hall–Kier alpha value is -2.75. The number of hydrogen-bond donors (Lipinski definition) is 5. The van der Waals surface area contributed by atoms with E-state index in [0.717, 1.165) is 37.0 Å². The van der Waals surface area contributed by atoms with E-state index in [1.54, 1.807) is 12.1 Å². The van der Waals surface area contributed by atoms with Crippen LogP contribution in [0.2, 0.25) is 0 Å². The summed E-state index contributed by atoms with van der Waals surface area (Å²) in [5.74, 6) is -0.235. The van der Waals surface area contributed by atoms with E-state index in [1.165, 1.54) is 5.57 Å². The number of hydrogen-bond acceptors (Lipinski definition) is 8. The summed E-state index contributed by atoms with van der Waals surface area (Å²) in [7, 11) is 0. The SMILES string of the molecule is C[C@]12CCC(=NOCC(=O)NCCc3ccc(O)cc3)C=C1CCC1C2C(O)C[C@@]2(C)C1CC[C@]2(O)C(=O)CO. The van der Waals surface area contributed by atoms with Crippen LogP contribution in [0.15, 0.2) is 41.1 Å². The predicted molar refractivity (Wildman–Crippen MR) is 148 cm³/mol. The molecular formula is C31H42N2O7. The molecule has 4 aliphatic rings. The Bertz CT molecular complexity index is 1200. The van der Waals surface area contributed by atoms with Crippen LogP contribution in [0, 0.1) is 28.6 Å². The molecule has 4 aliphatic carbocycles. The molecule has 0 aromatic heterocycles. The van der Waals surface area contributed by atoms with Crippen LogP contribution in [0.3, 0.4) is 0 Å². The number of rotatable bonds is 8. The minimum absolute atomic E-state index is 0.0268. The zero-order chi connectivity index (χ0) is 28.7. The van der Waals surface area contributed by atoms with Crippen molar-refractivity contribution < 1.29 is 34.9 Å². The number of oxime groups is 1. The van der Waals surface area contributed by atoms with Gasteiger partial charge in [-0.15, -0.1) is 0 Å². The standard InChI is InChI=1S/C31H42N2O7/c1-29-12-9-21(33-40-18-27(38)32-14-11-19-3-6-22(35)7-4-19)15-20(29)5-8-23-24-10-13-31(39,26(37)17-34)30(24,2)16-25(36)28(23)29/h3-4,6-7,15,23-25,28,34-36,39H,5,8-14,16-18H2,1-2H3,(H,32,38)/t23?,24?,25?,28?,29-,30-,31-/m0/s1. The van der Waals surface area contributed by atoms with E-state index >= 15 is 0 Å². The number of carbonyl (C=O) groups excluding carboxylic acids is 2. The van der Waals surface area contributed by atoms with Crippen LogP contribution >= 0.6 is 0 Å². The van der Waals surface area contributed by atoms with Gasteiger partial charge in [-0.25, -0.2) is 0 Å². The third-order valence-corrected chi connectivity index (χ3v) is 10.7. The Morgan fingerprint density at radius 2 is 1.88 bits per heavy atom. The number of aliphatic hydroxyl groups excluding tert-OH is 2. The molecule has 7 atom stereocenters. The van der Waals surface area contributed by atoms with Gasteiger partial charge in [0.25, 0.3) is 5.91 Å².